The minimum absolute atomic E-state index is 0.137. The van der Waals surface area contributed by atoms with Crippen molar-refractivity contribution in [2.24, 2.45) is 5.41 Å². The lowest BCUT2D eigenvalue weighted by Crippen LogP contribution is -2.43. The van der Waals surface area contributed by atoms with Crippen molar-refractivity contribution >= 4 is 11.8 Å². The average Bonchev–Trinajstić information content (AvgIpc) is 2.42. The van der Waals surface area contributed by atoms with Crippen LogP contribution in [0.5, 0.6) is 5.75 Å². The van der Waals surface area contributed by atoms with Crippen molar-refractivity contribution < 1.29 is 19.4 Å². The number of ketones is 1. The highest BCUT2D eigenvalue weighted by molar-refractivity contribution is 6.03. The molecule has 0 amide bonds. The summed E-state index contributed by atoms with van der Waals surface area (Å²) in [6.07, 6.45) is 2.69. The Hall–Kier alpha value is -1.84. The van der Waals surface area contributed by atoms with Gasteiger partial charge in [-0.25, -0.2) is 0 Å². The number of benzene rings is 1. The summed E-state index contributed by atoms with van der Waals surface area (Å²) in [4.78, 5) is 23.6. The number of carboxylic acids is 1. The number of ether oxygens (including phenoxy) is 1. The van der Waals surface area contributed by atoms with Crippen LogP contribution in [0.2, 0.25) is 0 Å². The molecule has 0 heterocycles. The molecule has 1 atom stereocenters. The van der Waals surface area contributed by atoms with E-state index in [-0.39, 0.29) is 12.2 Å². The second kappa shape index (κ2) is 5.43. The van der Waals surface area contributed by atoms with Gasteiger partial charge in [0.15, 0.2) is 5.78 Å². The third-order valence-electron chi connectivity index (χ3n) is 3.87. The highest BCUT2D eigenvalue weighted by Crippen LogP contribution is 2.37. The number of carbonyl (C=O) groups is 2. The van der Waals surface area contributed by atoms with Crippen molar-refractivity contribution in [1.29, 1.82) is 0 Å². The smallest absolute Gasteiger partial charge is 0.317 e. The fraction of sp³-hybridized carbons (Fsp3) is 0.467. The first-order valence-electron chi connectivity index (χ1n) is 6.48. The molecule has 1 fully saturated rings. The number of carboxylic acid groups (broad SMARTS) is 1. The molecule has 0 spiro atoms. The maximum absolute atomic E-state index is 12.1. The summed E-state index contributed by atoms with van der Waals surface area (Å²) in [5, 5.41) is 9.48. The lowest BCUT2D eigenvalue weighted by Gasteiger charge is -2.31. The van der Waals surface area contributed by atoms with Crippen LogP contribution in [0.25, 0.3) is 0 Å². The number of hydrogen-bond acceptors (Lipinski definition) is 3. The van der Waals surface area contributed by atoms with Gasteiger partial charge < -0.3 is 9.84 Å². The molecule has 4 nitrogen and oxygen atoms in total. The molecule has 0 aliphatic heterocycles. The first-order chi connectivity index (χ1) is 9.08. The first kappa shape index (κ1) is 13.6. The second-order valence-corrected chi connectivity index (χ2v) is 5.04. The summed E-state index contributed by atoms with van der Waals surface area (Å²) in [5.41, 5.74) is -0.370. The average molecular weight is 262 g/mol. The van der Waals surface area contributed by atoms with E-state index in [4.69, 9.17) is 4.74 Å². The van der Waals surface area contributed by atoms with Gasteiger partial charge in [-0.05, 0) is 37.0 Å². The molecule has 1 aliphatic carbocycles. The number of rotatable bonds is 4. The Morgan fingerprint density at radius 1 is 1.32 bits per heavy atom. The van der Waals surface area contributed by atoms with Gasteiger partial charge in [0.2, 0.25) is 0 Å². The van der Waals surface area contributed by atoms with E-state index in [9.17, 15) is 14.7 Å². The Labute approximate surface area is 112 Å². The normalized spacial score (nSPS) is 23.1. The highest BCUT2D eigenvalue weighted by atomic mass is 16.5. The van der Waals surface area contributed by atoms with E-state index < -0.39 is 11.4 Å². The third kappa shape index (κ3) is 2.62. The van der Waals surface area contributed by atoms with Crippen molar-refractivity contribution in [3.8, 4) is 5.75 Å². The maximum Gasteiger partial charge on any atom is 0.317 e. The van der Waals surface area contributed by atoms with E-state index >= 15 is 0 Å². The van der Waals surface area contributed by atoms with Crippen molar-refractivity contribution in [2.45, 2.75) is 32.1 Å². The van der Waals surface area contributed by atoms with Crippen LogP contribution in [0.1, 0.15) is 31.2 Å². The second-order valence-electron chi connectivity index (χ2n) is 5.04. The van der Waals surface area contributed by atoms with Crippen LogP contribution in [-0.4, -0.2) is 24.0 Å². The molecule has 1 aromatic carbocycles. The molecule has 1 unspecified atom stereocenters. The Bertz CT molecular complexity index is 477. The molecule has 1 saturated carbocycles. The minimum Gasteiger partial charge on any atom is -0.497 e. The van der Waals surface area contributed by atoms with E-state index in [1.54, 1.807) is 19.2 Å². The van der Waals surface area contributed by atoms with Crippen LogP contribution >= 0.6 is 0 Å². The van der Waals surface area contributed by atoms with Crippen LogP contribution in [0.15, 0.2) is 24.3 Å². The summed E-state index contributed by atoms with van der Waals surface area (Å²) in [6.45, 7) is 0. The SMILES string of the molecule is COc1ccc(CC2(C(=O)O)CCCCC2=O)cc1. The van der Waals surface area contributed by atoms with Gasteiger partial charge in [-0.3, -0.25) is 9.59 Å². The molecule has 0 radical (unpaired) electrons. The fourth-order valence-corrected chi connectivity index (χ4v) is 2.67. The fourth-order valence-electron chi connectivity index (χ4n) is 2.67. The Morgan fingerprint density at radius 2 is 2.00 bits per heavy atom. The van der Waals surface area contributed by atoms with E-state index in [2.05, 4.69) is 0 Å². The predicted molar refractivity (Wildman–Crippen MR) is 70.2 cm³/mol. The van der Waals surface area contributed by atoms with Crippen molar-refractivity contribution in [1.82, 2.24) is 0 Å². The van der Waals surface area contributed by atoms with Gasteiger partial charge in [-0.15, -0.1) is 0 Å². The Morgan fingerprint density at radius 3 is 2.53 bits per heavy atom. The summed E-state index contributed by atoms with van der Waals surface area (Å²) in [7, 11) is 1.58. The topological polar surface area (TPSA) is 63.6 Å². The monoisotopic (exact) mass is 262 g/mol. The van der Waals surface area contributed by atoms with Crippen LogP contribution in [0.3, 0.4) is 0 Å². The van der Waals surface area contributed by atoms with E-state index in [1.807, 2.05) is 12.1 Å². The van der Waals surface area contributed by atoms with Gasteiger partial charge in [0, 0.05) is 6.42 Å². The number of aliphatic carboxylic acids is 1. The molecular formula is C15H18O4. The molecule has 4 heteroatoms. The summed E-state index contributed by atoms with van der Waals surface area (Å²) >= 11 is 0. The Balaban J connectivity index is 2.25. The van der Waals surface area contributed by atoms with Crippen molar-refractivity contribution in [3.05, 3.63) is 29.8 Å². The molecule has 0 saturated heterocycles. The largest absolute Gasteiger partial charge is 0.497 e. The van der Waals surface area contributed by atoms with Crippen molar-refractivity contribution in [3.63, 3.8) is 0 Å². The number of methoxy groups -OCH3 is 1. The molecule has 0 bridgehead atoms. The van der Waals surface area contributed by atoms with Crippen LogP contribution in [0, 0.1) is 5.41 Å². The van der Waals surface area contributed by atoms with E-state index in [0.717, 1.165) is 24.2 Å². The lowest BCUT2D eigenvalue weighted by atomic mass is 9.69. The van der Waals surface area contributed by atoms with Crippen LogP contribution in [0.4, 0.5) is 0 Å². The van der Waals surface area contributed by atoms with Gasteiger partial charge in [0.1, 0.15) is 11.2 Å². The number of Topliss-reactive ketones (excluding diaryl/α,β-unsaturated/α-hetero) is 1. The van der Waals surface area contributed by atoms with Crippen molar-refractivity contribution in [2.75, 3.05) is 7.11 Å². The molecule has 102 valence electrons. The molecule has 19 heavy (non-hydrogen) atoms. The molecule has 0 aromatic heterocycles. The first-order valence-corrected chi connectivity index (χ1v) is 6.48. The van der Waals surface area contributed by atoms with E-state index in [1.165, 1.54) is 0 Å². The number of hydrogen-bond donors (Lipinski definition) is 1. The standard InChI is InChI=1S/C15H18O4/c1-19-12-7-5-11(6-8-12)10-15(14(17)18)9-3-2-4-13(15)16/h5-8H,2-4,9-10H2,1H3,(H,17,18). The maximum atomic E-state index is 12.1. The minimum atomic E-state index is -1.23. The zero-order chi connectivity index (χ0) is 13.9. The molecular weight excluding hydrogens is 244 g/mol. The summed E-state index contributed by atoms with van der Waals surface area (Å²) in [6, 6.07) is 7.23. The van der Waals surface area contributed by atoms with Gasteiger partial charge in [-0.1, -0.05) is 18.6 Å². The van der Waals surface area contributed by atoms with Gasteiger partial charge >= 0.3 is 5.97 Å². The molecule has 1 aliphatic rings. The van der Waals surface area contributed by atoms with Crippen LogP contribution < -0.4 is 4.74 Å². The summed E-state index contributed by atoms with van der Waals surface area (Å²) < 4.78 is 5.07. The Kier molecular flexibility index (Phi) is 3.88. The molecule has 1 N–H and O–H groups in total. The zero-order valence-corrected chi connectivity index (χ0v) is 11.0. The summed E-state index contributed by atoms with van der Waals surface area (Å²) in [5.74, 6) is -0.404. The zero-order valence-electron chi connectivity index (χ0n) is 11.0. The third-order valence-corrected chi connectivity index (χ3v) is 3.87. The molecule has 1 aromatic rings. The van der Waals surface area contributed by atoms with Gasteiger partial charge in [0.25, 0.3) is 0 Å². The van der Waals surface area contributed by atoms with Gasteiger partial charge in [0.05, 0.1) is 7.11 Å². The number of carbonyl (C=O) groups excluding carboxylic acids is 1. The van der Waals surface area contributed by atoms with Crippen LogP contribution in [-0.2, 0) is 16.0 Å². The highest BCUT2D eigenvalue weighted by Gasteiger charge is 2.46. The predicted octanol–water partition coefficient (Wildman–Crippen LogP) is 2.45. The molecule has 2 rings (SSSR count). The quantitative estimate of drug-likeness (QED) is 0.846. The lowest BCUT2D eigenvalue weighted by molar-refractivity contribution is -0.157. The van der Waals surface area contributed by atoms with E-state index in [0.29, 0.717) is 12.8 Å². The van der Waals surface area contributed by atoms with Gasteiger partial charge in [-0.2, -0.15) is 0 Å².